The van der Waals surface area contributed by atoms with E-state index in [-0.39, 0.29) is 11.2 Å². The molecule has 1 aromatic carbocycles. The Bertz CT molecular complexity index is 377. The zero-order chi connectivity index (χ0) is 13.8. The Morgan fingerprint density at radius 1 is 1.39 bits per heavy atom. The summed E-state index contributed by atoms with van der Waals surface area (Å²) in [6.07, 6.45) is 0. The molecule has 0 heterocycles. The third kappa shape index (κ3) is 3.70. The molecule has 1 rings (SSSR count). The Balaban J connectivity index is 2.85. The first kappa shape index (κ1) is 15.0. The Morgan fingerprint density at radius 2 is 2.06 bits per heavy atom. The van der Waals surface area contributed by atoms with Gasteiger partial charge in [-0.15, -0.1) is 0 Å². The summed E-state index contributed by atoms with van der Waals surface area (Å²) in [5, 5.41) is 3.30. The summed E-state index contributed by atoms with van der Waals surface area (Å²) in [4.78, 5) is 2.22. The molecule has 0 aliphatic carbocycles. The van der Waals surface area contributed by atoms with Gasteiger partial charge >= 0.3 is 0 Å². The molecule has 0 fully saturated rings. The molecule has 0 radical (unpaired) electrons. The average Bonchev–Trinajstić information content (AvgIpc) is 2.34. The number of hydrogen-bond donors (Lipinski definition) is 1. The van der Waals surface area contributed by atoms with Crippen LogP contribution in [0.25, 0.3) is 0 Å². The molecule has 18 heavy (non-hydrogen) atoms. The number of nitrogens with zero attached hydrogens (tertiary/aromatic N) is 1. The zero-order valence-electron chi connectivity index (χ0n) is 12.1. The highest BCUT2D eigenvalue weighted by Gasteiger charge is 2.27. The van der Waals surface area contributed by atoms with E-state index in [1.165, 1.54) is 6.07 Å². The quantitative estimate of drug-likeness (QED) is 0.836. The molecule has 0 saturated carbocycles. The Kier molecular flexibility index (Phi) is 5.15. The van der Waals surface area contributed by atoms with E-state index in [9.17, 15) is 4.39 Å². The van der Waals surface area contributed by atoms with Gasteiger partial charge in [0.25, 0.3) is 0 Å². The van der Waals surface area contributed by atoms with Crippen molar-refractivity contribution in [3.8, 4) is 0 Å². The summed E-state index contributed by atoms with van der Waals surface area (Å²) in [5.41, 5.74) is 1.07. The lowest BCUT2D eigenvalue weighted by Crippen LogP contribution is -2.45. The number of halogens is 1. The fourth-order valence-electron chi connectivity index (χ4n) is 2.08. The highest BCUT2D eigenvalue weighted by Crippen LogP contribution is 2.25. The van der Waals surface area contributed by atoms with E-state index in [1.807, 2.05) is 13.1 Å². The molecule has 1 N–H and O–H groups in total. The molecule has 1 atom stereocenters. The van der Waals surface area contributed by atoms with E-state index in [0.29, 0.717) is 6.04 Å². The van der Waals surface area contributed by atoms with Gasteiger partial charge in [0.05, 0.1) is 0 Å². The van der Waals surface area contributed by atoms with Crippen molar-refractivity contribution in [2.24, 2.45) is 5.41 Å². The van der Waals surface area contributed by atoms with E-state index in [1.54, 1.807) is 12.1 Å². The smallest absolute Gasteiger partial charge is 0.125 e. The normalized spacial score (nSPS) is 13.4. The second kappa shape index (κ2) is 6.19. The molecule has 102 valence electrons. The summed E-state index contributed by atoms with van der Waals surface area (Å²) < 4.78 is 13.3. The third-order valence-electron chi connectivity index (χ3n) is 3.76. The van der Waals surface area contributed by atoms with Gasteiger partial charge in [-0.05, 0) is 44.5 Å². The Morgan fingerprint density at radius 3 is 2.56 bits per heavy atom. The minimum absolute atomic E-state index is 0.122. The zero-order valence-corrected chi connectivity index (χ0v) is 12.1. The molecule has 1 aromatic rings. The van der Waals surface area contributed by atoms with Gasteiger partial charge in [0, 0.05) is 24.8 Å². The van der Waals surface area contributed by atoms with Crippen molar-refractivity contribution in [1.82, 2.24) is 5.32 Å². The fraction of sp³-hybridized carbons (Fsp3) is 0.600. The summed E-state index contributed by atoms with van der Waals surface area (Å²) in [6, 6.07) is 7.22. The lowest BCUT2D eigenvalue weighted by Gasteiger charge is -2.37. The standard InChI is InChI=1S/C15H25FN2/c1-6-18(11-15(3,4)12(2)17-5)14-9-7-8-13(16)10-14/h7-10,12,17H,6,11H2,1-5H3. The van der Waals surface area contributed by atoms with Crippen molar-refractivity contribution in [2.45, 2.75) is 33.7 Å². The lowest BCUT2D eigenvalue weighted by atomic mass is 9.84. The van der Waals surface area contributed by atoms with Gasteiger partial charge < -0.3 is 10.2 Å². The van der Waals surface area contributed by atoms with Crippen LogP contribution in [0, 0.1) is 11.2 Å². The maximum Gasteiger partial charge on any atom is 0.125 e. The van der Waals surface area contributed by atoms with Gasteiger partial charge in [-0.3, -0.25) is 0 Å². The van der Waals surface area contributed by atoms with Crippen LogP contribution in [0.5, 0.6) is 0 Å². The maximum atomic E-state index is 13.3. The molecule has 0 bridgehead atoms. The third-order valence-corrected chi connectivity index (χ3v) is 3.76. The van der Waals surface area contributed by atoms with Crippen molar-refractivity contribution in [3.05, 3.63) is 30.1 Å². The molecule has 0 amide bonds. The highest BCUT2D eigenvalue weighted by atomic mass is 19.1. The van der Waals surface area contributed by atoms with Crippen molar-refractivity contribution in [1.29, 1.82) is 0 Å². The second-order valence-corrected chi connectivity index (χ2v) is 5.49. The molecule has 0 aromatic heterocycles. The van der Waals surface area contributed by atoms with E-state index in [0.717, 1.165) is 18.8 Å². The van der Waals surface area contributed by atoms with Gasteiger partial charge in [0.15, 0.2) is 0 Å². The predicted octanol–water partition coefficient (Wildman–Crippen LogP) is 3.29. The maximum absolute atomic E-state index is 13.3. The summed E-state index contributed by atoms with van der Waals surface area (Å²) in [5.74, 6) is -0.176. The first-order valence-corrected chi connectivity index (χ1v) is 6.58. The minimum atomic E-state index is -0.176. The molecule has 0 aliphatic heterocycles. The fourth-order valence-corrected chi connectivity index (χ4v) is 2.08. The lowest BCUT2D eigenvalue weighted by molar-refractivity contribution is 0.272. The monoisotopic (exact) mass is 252 g/mol. The Labute approximate surface area is 110 Å². The van der Waals surface area contributed by atoms with Crippen LogP contribution in [0.2, 0.25) is 0 Å². The van der Waals surface area contributed by atoms with Crippen LogP contribution < -0.4 is 10.2 Å². The molecule has 1 unspecified atom stereocenters. The SMILES string of the molecule is CCN(CC(C)(C)C(C)NC)c1cccc(F)c1. The molecular weight excluding hydrogens is 227 g/mol. The van der Waals surface area contributed by atoms with Crippen molar-refractivity contribution < 1.29 is 4.39 Å². The van der Waals surface area contributed by atoms with Crippen LogP contribution in [-0.4, -0.2) is 26.2 Å². The largest absolute Gasteiger partial charge is 0.371 e. The molecular formula is C15H25FN2. The van der Waals surface area contributed by atoms with Crippen LogP contribution in [-0.2, 0) is 0 Å². The van der Waals surface area contributed by atoms with E-state index >= 15 is 0 Å². The van der Waals surface area contributed by atoms with Gasteiger partial charge in [0.1, 0.15) is 5.82 Å². The topological polar surface area (TPSA) is 15.3 Å². The predicted molar refractivity (Wildman–Crippen MR) is 76.6 cm³/mol. The first-order valence-electron chi connectivity index (χ1n) is 6.58. The number of hydrogen-bond acceptors (Lipinski definition) is 2. The van der Waals surface area contributed by atoms with Crippen molar-refractivity contribution in [2.75, 3.05) is 25.0 Å². The molecule has 3 heteroatoms. The van der Waals surface area contributed by atoms with Crippen LogP contribution in [0.4, 0.5) is 10.1 Å². The number of benzene rings is 1. The highest BCUT2D eigenvalue weighted by molar-refractivity contribution is 5.46. The molecule has 0 saturated heterocycles. The number of nitrogens with one attached hydrogen (secondary N) is 1. The molecule has 2 nitrogen and oxygen atoms in total. The van der Waals surface area contributed by atoms with Gasteiger partial charge in [-0.1, -0.05) is 19.9 Å². The Hall–Kier alpha value is -1.09. The molecule has 0 spiro atoms. The van der Waals surface area contributed by atoms with Gasteiger partial charge in [0.2, 0.25) is 0 Å². The van der Waals surface area contributed by atoms with Crippen molar-refractivity contribution >= 4 is 5.69 Å². The van der Waals surface area contributed by atoms with Gasteiger partial charge in [-0.2, -0.15) is 0 Å². The number of rotatable bonds is 6. The van der Waals surface area contributed by atoms with Crippen LogP contribution in [0.1, 0.15) is 27.7 Å². The van der Waals surface area contributed by atoms with Crippen LogP contribution in [0.15, 0.2) is 24.3 Å². The number of anilines is 1. The molecule has 0 aliphatic rings. The average molecular weight is 252 g/mol. The van der Waals surface area contributed by atoms with Crippen molar-refractivity contribution in [3.63, 3.8) is 0 Å². The minimum Gasteiger partial charge on any atom is -0.371 e. The first-order chi connectivity index (χ1) is 8.40. The van der Waals surface area contributed by atoms with E-state index in [2.05, 4.69) is 37.9 Å². The van der Waals surface area contributed by atoms with E-state index < -0.39 is 0 Å². The summed E-state index contributed by atoms with van der Waals surface area (Å²) in [7, 11) is 1.98. The van der Waals surface area contributed by atoms with Gasteiger partial charge in [-0.25, -0.2) is 4.39 Å². The second-order valence-electron chi connectivity index (χ2n) is 5.49. The van der Waals surface area contributed by atoms with E-state index in [4.69, 9.17) is 0 Å². The van der Waals surface area contributed by atoms with Crippen LogP contribution in [0.3, 0.4) is 0 Å². The summed E-state index contributed by atoms with van der Waals surface area (Å²) >= 11 is 0. The van der Waals surface area contributed by atoms with Crippen LogP contribution >= 0.6 is 0 Å². The summed E-state index contributed by atoms with van der Waals surface area (Å²) in [6.45, 7) is 10.5.